The zero-order valence-corrected chi connectivity index (χ0v) is 10.9. The summed E-state index contributed by atoms with van der Waals surface area (Å²) in [5.74, 6) is 0. The fraction of sp³-hybridized carbons (Fsp3) is 0.214. The fourth-order valence-electron chi connectivity index (χ4n) is 2.08. The van der Waals surface area contributed by atoms with E-state index >= 15 is 0 Å². The van der Waals surface area contributed by atoms with Gasteiger partial charge in [-0.1, -0.05) is 18.2 Å². The molecule has 0 radical (unpaired) electrons. The van der Waals surface area contributed by atoms with Gasteiger partial charge >= 0.3 is 0 Å². The molecule has 3 aromatic rings. The van der Waals surface area contributed by atoms with Crippen molar-refractivity contribution in [1.29, 1.82) is 0 Å². The third-order valence-corrected chi connectivity index (χ3v) is 4.08. The molecule has 18 heavy (non-hydrogen) atoms. The van der Waals surface area contributed by atoms with E-state index in [0.29, 0.717) is 0 Å². The first-order valence-electron chi connectivity index (χ1n) is 5.96. The number of aliphatic hydroxyl groups excluding tert-OH is 1. The molecule has 3 nitrogen and oxygen atoms in total. The molecular weight excluding hydrogens is 244 g/mol. The Balaban J connectivity index is 2.03. The highest BCUT2D eigenvalue weighted by Crippen LogP contribution is 2.33. The van der Waals surface area contributed by atoms with Gasteiger partial charge in [0, 0.05) is 28.6 Å². The number of rotatable bonds is 3. The summed E-state index contributed by atoms with van der Waals surface area (Å²) in [5.41, 5.74) is 1.81. The van der Waals surface area contributed by atoms with Crippen molar-refractivity contribution < 1.29 is 5.11 Å². The molecular formula is C14H14N2OS. The molecule has 1 unspecified atom stereocenters. The zero-order chi connectivity index (χ0) is 12.5. The smallest absolute Gasteiger partial charge is 0.108 e. The van der Waals surface area contributed by atoms with Crippen LogP contribution in [-0.4, -0.2) is 14.9 Å². The monoisotopic (exact) mass is 258 g/mol. The van der Waals surface area contributed by atoms with E-state index in [9.17, 15) is 5.11 Å². The number of hydrogen-bond acceptors (Lipinski definition) is 3. The Labute approximate surface area is 109 Å². The minimum absolute atomic E-state index is 0.596. The summed E-state index contributed by atoms with van der Waals surface area (Å²) >= 11 is 1.66. The Bertz CT molecular complexity index is 671. The summed E-state index contributed by atoms with van der Waals surface area (Å²) in [4.78, 5) is 0. The van der Waals surface area contributed by atoms with Crippen LogP contribution in [0.5, 0.6) is 0 Å². The number of hydrogen-bond donors (Lipinski definition) is 1. The van der Waals surface area contributed by atoms with E-state index in [1.54, 1.807) is 17.5 Å². The molecule has 0 amide bonds. The highest BCUT2D eigenvalue weighted by molar-refractivity contribution is 7.17. The third-order valence-electron chi connectivity index (χ3n) is 3.10. The van der Waals surface area contributed by atoms with Crippen molar-refractivity contribution in [1.82, 2.24) is 9.78 Å². The lowest BCUT2D eigenvalue weighted by Gasteiger charge is -2.07. The average Bonchev–Trinajstić information content (AvgIpc) is 3.04. The van der Waals surface area contributed by atoms with Gasteiger partial charge in [0.15, 0.2) is 0 Å². The number of fused-ring (bicyclic) bond motifs is 1. The molecule has 0 saturated carbocycles. The lowest BCUT2D eigenvalue weighted by Crippen LogP contribution is -1.97. The van der Waals surface area contributed by atoms with Crippen LogP contribution in [0.3, 0.4) is 0 Å². The average molecular weight is 258 g/mol. The summed E-state index contributed by atoms with van der Waals surface area (Å²) in [5, 5.41) is 17.8. The summed E-state index contributed by atoms with van der Waals surface area (Å²) < 4.78 is 3.03. The maximum Gasteiger partial charge on any atom is 0.108 e. The topological polar surface area (TPSA) is 38.0 Å². The van der Waals surface area contributed by atoms with E-state index in [4.69, 9.17) is 0 Å². The van der Waals surface area contributed by atoms with Gasteiger partial charge in [0.1, 0.15) is 6.10 Å². The van der Waals surface area contributed by atoms with Gasteiger partial charge in [-0.2, -0.15) is 5.10 Å². The second-order valence-electron chi connectivity index (χ2n) is 4.22. The number of benzene rings is 1. The first-order valence-corrected chi connectivity index (χ1v) is 6.84. The minimum atomic E-state index is -0.596. The molecule has 0 saturated heterocycles. The van der Waals surface area contributed by atoms with Crippen LogP contribution in [0.15, 0.2) is 42.0 Å². The number of aromatic nitrogens is 2. The van der Waals surface area contributed by atoms with E-state index in [1.165, 1.54) is 4.70 Å². The third kappa shape index (κ3) is 1.83. The van der Waals surface area contributed by atoms with Crippen LogP contribution in [0.2, 0.25) is 0 Å². The fourth-order valence-corrected chi connectivity index (χ4v) is 3.06. The molecule has 0 aliphatic carbocycles. The highest BCUT2D eigenvalue weighted by Gasteiger charge is 2.16. The van der Waals surface area contributed by atoms with Crippen LogP contribution in [0, 0.1) is 0 Å². The number of aryl methyl sites for hydroxylation is 1. The highest BCUT2D eigenvalue weighted by atomic mass is 32.1. The predicted octanol–water partition coefficient (Wildman–Crippen LogP) is 3.20. The minimum Gasteiger partial charge on any atom is -0.383 e. The molecule has 1 aromatic carbocycles. The first-order chi connectivity index (χ1) is 8.79. The van der Waals surface area contributed by atoms with Gasteiger partial charge in [-0.25, -0.2) is 0 Å². The van der Waals surface area contributed by atoms with Gasteiger partial charge in [-0.15, -0.1) is 11.3 Å². The van der Waals surface area contributed by atoms with Gasteiger partial charge < -0.3 is 5.11 Å². The molecule has 1 N–H and O–H groups in total. The molecule has 0 fully saturated rings. The summed E-state index contributed by atoms with van der Waals surface area (Å²) in [6.45, 7) is 2.85. The Hall–Kier alpha value is -1.65. The van der Waals surface area contributed by atoms with E-state index in [2.05, 4.69) is 17.2 Å². The SMILES string of the molecule is CCn1cc(C(O)c2csc3ccccc23)cn1. The number of nitrogens with zero attached hydrogens (tertiary/aromatic N) is 2. The van der Waals surface area contributed by atoms with E-state index in [0.717, 1.165) is 23.1 Å². The summed E-state index contributed by atoms with van der Waals surface area (Å²) in [6.07, 6.45) is 3.04. The molecule has 2 aromatic heterocycles. The standard InChI is InChI=1S/C14H14N2OS/c1-2-16-8-10(7-15-16)14(17)12-9-18-13-6-4-3-5-11(12)13/h3-9,14,17H,2H2,1H3. The second kappa shape index (κ2) is 4.55. The van der Waals surface area contributed by atoms with Crippen LogP contribution >= 0.6 is 11.3 Å². The molecule has 92 valence electrons. The lowest BCUT2D eigenvalue weighted by molar-refractivity contribution is 0.222. The van der Waals surface area contributed by atoms with Crippen molar-refractivity contribution in [2.45, 2.75) is 19.6 Å². The maximum atomic E-state index is 10.4. The van der Waals surface area contributed by atoms with E-state index in [1.807, 2.05) is 35.3 Å². The van der Waals surface area contributed by atoms with E-state index < -0.39 is 6.10 Å². The molecule has 3 rings (SSSR count). The molecule has 0 spiro atoms. The molecule has 2 heterocycles. The Morgan fingerprint density at radius 1 is 1.39 bits per heavy atom. The van der Waals surface area contributed by atoms with Crippen molar-refractivity contribution >= 4 is 21.4 Å². The maximum absolute atomic E-state index is 10.4. The predicted molar refractivity (Wildman–Crippen MR) is 73.8 cm³/mol. The van der Waals surface area contributed by atoms with Gasteiger partial charge in [-0.3, -0.25) is 4.68 Å². The lowest BCUT2D eigenvalue weighted by atomic mass is 10.0. The Morgan fingerprint density at radius 2 is 2.22 bits per heavy atom. The van der Waals surface area contributed by atoms with Crippen molar-refractivity contribution in [3.05, 3.63) is 53.2 Å². The molecule has 1 atom stereocenters. The van der Waals surface area contributed by atoms with Gasteiger partial charge in [0.05, 0.1) is 6.20 Å². The second-order valence-corrected chi connectivity index (χ2v) is 5.13. The van der Waals surface area contributed by atoms with E-state index in [-0.39, 0.29) is 0 Å². The van der Waals surface area contributed by atoms with Crippen molar-refractivity contribution in [3.8, 4) is 0 Å². The Morgan fingerprint density at radius 3 is 3.00 bits per heavy atom. The van der Waals surface area contributed by atoms with Crippen LogP contribution in [0.4, 0.5) is 0 Å². The van der Waals surface area contributed by atoms with Crippen LogP contribution in [0.1, 0.15) is 24.2 Å². The van der Waals surface area contributed by atoms with Crippen molar-refractivity contribution in [3.63, 3.8) is 0 Å². The molecule has 0 aliphatic heterocycles. The van der Waals surface area contributed by atoms with Crippen molar-refractivity contribution in [2.24, 2.45) is 0 Å². The van der Waals surface area contributed by atoms with Gasteiger partial charge in [-0.05, 0) is 23.8 Å². The molecule has 4 heteroatoms. The number of aliphatic hydroxyl groups is 1. The molecule has 0 aliphatic rings. The largest absolute Gasteiger partial charge is 0.383 e. The number of thiophene rings is 1. The first kappa shape index (κ1) is 11.4. The van der Waals surface area contributed by atoms with Crippen LogP contribution < -0.4 is 0 Å². The van der Waals surface area contributed by atoms with Gasteiger partial charge in [0.2, 0.25) is 0 Å². The summed E-state index contributed by atoms with van der Waals surface area (Å²) in [6, 6.07) is 8.14. The van der Waals surface area contributed by atoms with Crippen LogP contribution in [-0.2, 0) is 6.54 Å². The Kier molecular flexibility index (Phi) is 2.89. The van der Waals surface area contributed by atoms with Crippen LogP contribution in [0.25, 0.3) is 10.1 Å². The normalized spacial score (nSPS) is 13.0. The molecule has 0 bridgehead atoms. The van der Waals surface area contributed by atoms with Gasteiger partial charge in [0.25, 0.3) is 0 Å². The van der Waals surface area contributed by atoms with Crippen molar-refractivity contribution in [2.75, 3.05) is 0 Å². The quantitative estimate of drug-likeness (QED) is 0.783. The summed E-state index contributed by atoms with van der Waals surface area (Å²) in [7, 11) is 0. The zero-order valence-electron chi connectivity index (χ0n) is 10.1.